The van der Waals surface area contributed by atoms with Crippen LogP contribution in [0.25, 0.3) is 5.76 Å². The summed E-state index contributed by atoms with van der Waals surface area (Å²) < 4.78 is 0. The van der Waals surface area contributed by atoms with Crippen LogP contribution in [0.5, 0.6) is 0 Å². The fourth-order valence-electron chi connectivity index (χ4n) is 1.37. The highest BCUT2D eigenvalue weighted by molar-refractivity contribution is 5.93. The van der Waals surface area contributed by atoms with Crippen molar-refractivity contribution < 1.29 is 9.90 Å². The van der Waals surface area contributed by atoms with Crippen LogP contribution >= 0.6 is 0 Å². The minimum atomic E-state index is -0.253. The third-order valence-electron chi connectivity index (χ3n) is 2.44. The number of benzene rings is 1. The molecule has 92 valence electrons. The van der Waals surface area contributed by atoms with Gasteiger partial charge in [0.25, 0.3) is 0 Å². The number of hydrogen-bond donors (Lipinski definition) is 2. The van der Waals surface area contributed by atoms with Crippen LogP contribution in [0.3, 0.4) is 0 Å². The molecule has 0 atom stereocenters. The summed E-state index contributed by atoms with van der Waals surface area (Å²) >= 11 is 0. The smallest absolute Gasteiger partial charge is 0.247 e. The lowest BCUT2D eigenvalue weighted by atomic mass is 10.1. The maximum absolute atomic E-state index is 11.4. The van der Waals surface area contributed by atoms with E-state index in [1.807, 2.05) is 19.1 Å². The number of rotatable bonds is 5. The molecule has 0 fully saturated rings. The van der Waals surface area contributed by atoms with Crippen molar-refractivity contribution in [2.45, 2.75) is 26.7 Å². The van der Waals surface area contributed by atoms with Crippen molar-refractivity contribution in [3.8, 4) is 0 Å². The van der Waals surface area contributed by atoms with Crippen molar-refractivity contribution in [1.82, 2.24) is 5.32 Å². The number of aryl methyl sites for hydroxylation is 1. The minimum absolute atomic E-state index is 0.000927. The lowest BCUT2D eigenvalue weighted by Gasteiger charge is -2.02. The highest BCUT2D eigenvalue weighted by atomic mass is 16.3. The zero-order valence-corrected chi connectivity index (χ0v) is 10.4. The van der Waals surface area contributed by atoms with Gasteiger partial charge in [-0.15, -0.1) is 0 Å². The van der Waals surface area contributed by atoms with Gasteiger partial charge in [-0.3, -0.25) is 4.79 Å². The fraction of sp³-hybridized carbons (Fsp3) is 0.357. The molecule has 0 unspecified atom stereocenters. The second kappa shape index (κ2) is 6.74. The zero-order chi connectivity index (χ0) is 12.7. The topological polar surface area (TPSA) is 49.3 Å². The van der Waals surface area contributed by atoms with Gasteiger partial charge in [0.2, 0.25) is 5.91 Å². The number of carbonyl (C=O) groups excluding carboxylic acids is 1. The highest BCUT2D eigenvalue weighted by Gasteiger charge is 2.02. The number of hydrogen-bond acceptors (Lipinski definition) is 2. The molecule has 0 saturated heterocycles. The summed E-state index contributed by atoms with van der Waals surface area (Å²) in [7, 11) is 0. The lowest BCUT2D eigenvalue weighted by molar-refractivity contribution is -0.116. The van der Waals surface area contributed by atoms with Crippen LogP contribution in [0.4, 0.5) is 0 Å². The highest BCUT2D eigenvalue weighted by Crippen LogP contribution is 2.11. The van der Waals surface area contributed by atoms with Gasteiger partial charge in [0.1, 0.15) is 5.76 Å². The van der Waals surface area contributed by atoms with E-state index in [1.54, 1.807) is 12.1 Å². The first-order valence-electron chi connectivity index (χ1n) is 5.89. The molecule has 0 bridgehead atoms. The summed E-state index contributed by atoms with van der Waals surface area (Å²) in [5.74, 6) is -0.254. The lowest BCUT2D eigenvalue weighted by Crippen LogP contribution is -2.22. The second-order valence-electron chi connectivity index (χ2n) is 4.04. The van der Waals surface area contributed by atoms with Crippen molar-refractivity contribution in [3.63, 3.8) is 0 Å². The standard InChI is InChI=1S/C14H19NO2/c1-3-4-9-15-14(17)10-13(16)12-7-5-11(2)6-8-12/h5-8,10,16H,3-4,9H2,1-2H3,(H,15,17). The summed E-state index contributed by atoms with van der Waals surface area (Å²) in [5, 5.41) is 12.5. The molecule has 1 amide bonds. The van der Waals surface area contributed by atoms with Gasteiger partial charge in [0, 0.05) is 18.2 Å². The number of aliphatic hydroxyl groups excluding tert-OH is 1. The van der Waals surface area contributed by atoms with Gasteiger partial charge in [-0.25, -0.2) is 0 Å². The molecule has 1 aromatic carbocycles. The molecule has 0 aliphatic carbocycles. The molecule has 0 aromatic heterocycles. The molecule has 0 saturated carbocycles. The summed E-state index contributed by atoms with van der Waals surface area (Å²) in [4.78, 5) is 11.4. The molecule has 17 heavy (non-hydrogen) atoms. The third kappa shape index (κ3) is 4.72. The molecular formula is C14H19NO2. The van der Waals surface area contributed by atoms with Crippen molar-refractivity contribution in [2.75, 3.05) is 6.54 Å². The predicted molar refractivity (Wildman–Crippen MR) is 69.7 cm³/mol. The van der Waals surface area contributed by atoms with Crippen molar-refractivity contribution in [3.05, 3.63) is 41.5 Å². The quantitative estimate of drug-likeness (QED) is 0.467. The molecule has 1 rings (SSSR count). The van der Waals surface area contributed by atoms with Gasteiger partial charge in [-0.05, 0) is 13.3 Å². The molecule has 2 N–H and O–H groups in total. The zero-order valence-electron chi connectivity index (χ0n) is 10.4. The number of unbranched alkanes of at least 4 members (excludes halogenated alkanes) is 1. The van der Waals surface area contributed by atoms with Crippen LogP contribution in [0, 0.1) is 6.92 Å². The maximum atomic E-state index is 11.4. The Kier molecular flexibility index (Phi) is 5.27. The van der Waals surface area contributed by atoms with E-state index in [0.717, 1.165) is 18.4 Å². The van der Waals surface area contributed by atoms with E-state index >= 15 is 0 Å². The van der Waals surface area contributed by atoms with Crippen molar-refractivity contribution in [1.29, 1.82) is 0 Å². The second-order valence-corrected chi connectivity index (χ2v) is 4.04. The van der Waals surface area contributed by atoms with Crippen LogP contribution < -0.4 is 5.32 Å². The number of carbonyl (C=O) groups is 1. The first-order valence-corrected chi connectivity index (χ1v) is 5.89. The van der Waals surface area contributed by atoms with Crippen LogP contribution in [0.2, 0.25) is 0 Å². The van der Waals surface area contributed by atoms with Crippen molar-refractivity contribution in [2.24, 2.45) is 0 Å². The summed E-state index contributed by atoms with van der Waals surface area (Å²) in [6.07, 6.45) is 3.21. The Bertz CT molecular complexity index is 393. The molecule has 0 aliphatic rings. The van der Waals surface area contributed by atoms with Crippen LogP contribution in [0.1, 0.15) is 30.9 Å². The Morgan fingerprint density at radius 1 is 1.35 bits per heavy atom. The summed E-state index contributed by atoms with van der Waals surface area (Å²) in [6.45, 7) is 4.68. The van der Waals surface area contributed by atoms with E-state index in [-0.39, 0.29) is 11.7 Å². The Labute approximate surface area is 102 Å². The molecule has 1 aromatic rings. The van der Waals surface area contributed by atoms with Gasteiger partial charge in [-0.1, -0.05) is 43.2 Å². The van der Waals surface area contributed by atoms with Gasteiger partial charge in [-0.2, -0.15) is 0 Å². The minimum Gasteiger partial charge on any atom is -0.507 e. The van der Waals surface area contributed by atoms with Gasteiger partial charge in [0.05, 0.1) is 0 Å². The van der Waals surface area contributed by atoms with E-state index in [9.17, 15) is 9.90 Å². The van der Waals surface area contributed by atoms with E-state index in [1.165, 1.54) is 6.08 Å². The van der Waals surface area contributed by atoms with Gasteiger partial charge >= 0.3 is 0 Å². The molecule has 0 heterocycles. The summed E-state index contributed by atoms with van der Waals surface area (Å²) in [5.41, 5.74) is 1.77. The Morgan fingerprint density at radius 3 is 2.59 bits per heavy atom. The van der Waals surface area contributed by atoms with E-state index in [4.69, 9.17) is 0 Å². The average Bonchev–Trinajstić information content (AvgIpc) is 2.30. The van der Waals surface area contributed by atoms with Crippen LogP contribution in [-0.2, 0) is 4.79 Å². The predicted octanol–water partition coefficient (Wildman–Crippen LogP) is 2.81. The number of amides is 1. The molecule has 0 aliphatic heterocycles. The number of aliphatic hydroxyl groups is 1. The SMILES string of the molecule is CCCCNC(=O)C=C(O)c1ccc(C)cc1. The fourth-order valence-corrected chi connectivity index (χ4v) is 1.37. The molecule has 0 radical (unpaired) electrons. The van der Waals surface area contributed by atoms with E-state index < -0.39 is 0 Å². The maximum Gasteiger partial charge on any atom is 0.247 e. The number of nitrogens with one attached hydrogen (secondary N) is 1. The third-order valence-corrected chi connectivity index (χ3v) is 2.44. The van der Waals surface area contributed by atoms with E-state index in [0.29, 0.717) is 12.1 Å². The summed E-state index contributed by atoms with van der Waals surface area (Å²) in [6, 6.07) is 7.38. The Morgan fingerprint density at radius 2 is 2.00 bits per heavy atom. The normalized spacial score (nSPS) is 11.3. The van der Waals surface area contributed by atoms with E-state index in [2.05, 4.69) is 12.2 Å². The molecule has 3 heteroatoms. The first kappa shape index (κ1) is 13.3. The molecular weight excluding hydrogens is 214 g/mol. The largest absolute Gasteiger partial charge is 0.507 e. The average molecular weight is 233 g/mol. The Balaban J connectivity index is 2.59. The molecule has 0 spiro atoms. The van der Waals surface area contributed by atoms with Crippen LogP contribution in [-0.4, -0.2) is 17.6 Å². The van der Waals surface area contributed by atoms with Crippen molar-refractivity contribution >= 4 is 11.7 Å². The monoisotopic (exact) mass is 233 g/mol. The molecule has 3 nitrogen and oxygen atoms in total. The Hall–Kier alpha value is -1.77. The first-order chi connectivity index (χ1) is 8.13. The van der Waals surface area contributed by atoms with Gasteiger partial charge < -0.3 is 10.4 Å². The van der Waals surface area contributed by atoms with Crippen LogP contribution in [0.15, 0.2) is 30.3 Å². The van der Waals surface area contributed by atoms with Gasteiger partial charge in [0.15, 0.2) is 0 Å².